The lowest BCUT2D eigenvalue weighted by Crippen LogP contribution is -2.12. The SMILES string of the molecule is Cc1ccc(S(=O)(=O)n2ccc3c(Cl)nc(Cl)nc32)cc1.Cc1ccc(S(=O)(=O)n2ccc3c(Nc4cccc5[nH]ncc45)nc(Cl)nc32)cc1.Nc1cccc2[nH]ncc12. The molecule has 0 saturated heterocycles. The molecule has 10 rings (SSSR count). The van der Waals surface area contributed by atoms with Crippen molar-refractivity contribution in [1.82, 2.24) is 48.3 Å². The van der Waals surface area contributed by atoms with Crippen molar-refractivity contribution in [1.29, 1.82) is 0 Å². The Kier molecular flexibility index (Phi) is 11.1. The van der Waals surface area contributed by atoms with Crippen LogP contribution in [-0.2, 0) is 20.0 Å². The van der Waals surface area contributed by atoms with E-state index in [9.17, 15) is 16.8 Å². The molecule has 16 nitrogen and oxygen atoms in total. The first-order chi connectivity index (χ1) is 29.2. The Balaban J connectivity index is 0.000000143. The van der Waals surface area contributed by atoms with Gasteiger partial charge in [-0.15, -0.1) is 0 Å². The highest BCUT2D eigenvalue weighted by Crippen LogP contribution is 2.32. The number of nitrogens with zero attached hydrogens (tertiary/aromatic N) is 8. The third kappa shape index (κ3) is 8.18. The van der Waals surface area contributed by atoms with E-state index in [4.69, 9.17) is 40.5 Å². The van der Waals surface area contributed by atoms with Crippen molar-refractivity contribution in [2.45, 2.75) is 23.6 Å². The number of aromatic amines is 2. The molecular formula is C40H31Cl3N12O4S2. The number of hydrogen-bond acceptors (Lipinski definition) is 12. The quantitative estimate of drug-likeness (QED) is 0.0698. The number of rotatable bonds is 6. The first-order valence-corrected chi connectivity index (χ1v) is 22.0. The van der Waals surface area contributed by atoms with E-state index in [1.807, 2.05) is 50.2 Å². The number of benzene rings is 4. The van der Waals surface area contributed by atoms with Crippen molar-refractivity contribution in [3.63, 3.8) is 0 Å². The number of nitrogens with two attached hydrogens (primary N) is 1. The average molecular weight is 914 g/mol. The second kappa shape index (κ2) is 16.5. The predicted molar refractivity (Wildman–Crippen MR) is 237 cm³/mol. The third-order valence-electron chi connectivity index (χ3n) is 9.33. The molecule has 10 aromatic rings. The lowest BCUT2D eigenvalue weighted by Gasteiger charge is -2.10. The van der Waals surface area contributed by atoms with Crippen LogP contribution >= 0.6 is 34.8 Å². The van der Waals surface area contributed by atoms with E-state index in [0.29, 0.717) is 16.6 Å². The largest absolute Gasteiger partial charge is 0.398 e. The normalized spacial score (nSPS) is 11.7. The molecule has 21 heteroatoms. The van der Waals surface area contributed by atoms with Gasteiger partial charge in [-0.2, -0.15) is 25.1 Å². The molecule has 0 aliphatic heterocycles. The fraction of sp³-hybridized carbons (Fsp3) is 0.0500. The van der Waals surface area contributed by atoms with Crippen LogP contribution in [0, 0.1) is 13.8 Å². The van der Waals surface area contributed by atoms with Crippen molar-refractivity contribution >= 4 is 116 Å². The Labute approximate surface area is 362 Å². The number of nitrogens with one attached hydrogen (secondary N) is 3. The van der Waals surface area contributed by atoms with E-state index in [0.717, 1.165) is 52.3 Å². The molecule has 5 N–H and O–H groups in total. The summed E-state index contributed by atoms with van der Waals surface area (Å²) in [5.41, 5.74) is 11.3. The Morgan fingerprint density at radius 3 is 1.64 bits per heavy atom. The topological polar surface area (TPSA) is 225 Å². The minimum atomic E-state index is -3.85. The molecule has 0 atom stereocenters. The number of anilines is 3. The van der Waals surface area contributed by atoms with Crippen molar-refractivity contribution in [3.05, 3.63) is 149 Å². The fourth-order valence-electron chi connectivity index (χ4n) is 6.22. The summed E-state index contributed by atoms with van der Waals surface area (Å²) in [7, 11) is -7.61. The number of H-pyrrole nitrogens is 2. The summed E-state index contributed by atoms with van der Waals surface area (Å²) in [6, 6.07) is 27.7. The molecular weight excluding hydrogens is 883 g/mol. The number of aromatic nitrogens is 10. The molecule has 6 heterocycles. The Morgan fingerprint density at radius 1 is 0.574 bits per heavy atom. The summed E-state index contributed by atoms with van der Waals surface area (Å²) in [5, 5.41) is 19.6. The van der Waals surface area contributed by atoms with Crippen LogP contribution in [0.15, 0.2) is 132 Å². The number of nitrogen functional groups attached to an aromatic ring is 1. The van der Waals surface area contributed by atoms with Crippen LogP contribution in [0.1, 0.15) is 11.1 Å². The summed E-state index contributed by atoms with van der Waals surface area (Å²) in [4.78, 5) is 16.5. The van der Waals surface area contributed by atoms with Gasteiger partial charge in [0.25, 0.3) is 20.0 Å². The van der Waals surface area contributed by atoms with E-state index in [2.05, 4.69) is 45.6 Å². The van der Waals surface area contributed by atoms with Crippen LogP contribution in [0.3, 0.4) is 0 Å². The molecule has 0 saturated carbocycles. The molecule has 0 aliphatic rings. The van der Waals surface area contributed by atoms with Gasteiger partial charge in [0, 0.05) is 28.9 Å². The van der Waals surface area contributed by atoms with Crippen LogP contribution in [0.5, 0.6) is 0 Å². The van der Waals surface area contributed by atoms with Gasteiger partial charge in [-0.3, -0.25) is 10.2 Å². The Bertz CT molecular complexity index is 3460. The zero-order valence-electron chi connectivity index (χ0n) is 31.8. The van der Waals surface area contributed by atoms with Crippen LogP contribution in [-0.4, -0.2) is 65.1 Å². The maximum atomic E-state index is 13.2. The predicted octanol–water partition coefficient (Wildman–Crippen LogP) is 8.68. The second-order valence-electron chi connectivity index (χ2n) is 13.4. The van der Waals surface area contributed by atoms with Gasteiger partial charge in [-0.25, -0.2) is 29.8 Å². The molecule has 0 radical (unpaired) electrons. The lowest BCUT2D eigenvalue weighted by molar-refractivity contribution is 0.587. The van der Waals surface area contributed by atoms with Gasteiger partial charge in [0.2, 0.25) is 10.6 Å². The molecule has 0 aliphatic carbocycles. The van der Waals surface area contributed by atoms with Gasteiger partial charge < -0.3 is 11.1 Å². The van der Waals surface area contributed by atoms with E-state index in [-0.39, 0.29) is 36.8 Å². The summed E-state index contributed by atoms with van der Waals surface area (Å²) >= 11 is 17.8. The van der Waals surface area contributed by atoms with E-state index < -0.39 is 20.0 Å². The maximum absolute atomic E-state index is 13.2. The lowest BCUT2D eigenvalue weighted by atomic mass is 10.2. The van der Waals surface area contributed by atoms with Gasteiger partial charge in [0.1, 0.15) is 11.0 Å². The van der Waals surface area contributed by atoms with Gasteiger partial charge in [0.15, 0.2) is 11.3 Å². The molecule has 308 valence electrons. The third-order valence-corrected chi connectivity index (χ3v) is 13.3. The van der Waals surface area contributed by atoms with Crippen LogP contribution in [0.4, 0.5) is 17.2 Å². The first kappa shape index (κ1) is 41.2. The van der Waals surface area contributed by atoms with Crippen LogP contribution in [0.25, 0.3) is 43.9 Å². The second-order valence-corrected chi connectivity index (χ2v) is 18.1. The Morgan fingerprint density at radius 2 is 1.07 bits per heavy atom. The van der Waals surface area contributed by atoms with Gasteiger partial charge in [-0.05, 0) is 97.7 Å². The minimum absolute atomic E-state index is 0.0663. The van der Waals surface area contributed by atoms with E-state index in [1.165, 1.54) is 12.4 Å². The van der Waals surface area contributed by atoms with Crippen molar-refractivity contribution in [3.8, 4) is 0 Å². The fourth-order valence-corrected chi connectivity index (χ4v) is 9.41. The molecule has 0 bridgehead atoms. The van der Waals surface area contributed by atoms with Crippen molar-refractivity contribution in [2.75, 3.05) is 11.1 Å². The van der Waals surface area contributed by atoms with Crippen molar-refractivity contribution in [2.24, 2.45) is 0 Å². The smallest absolute Gasteiger partial charge is 0.269 e. The van der Waals surface area contributed by atoms with Gasteiger partial charge in [0.05, 0.1) is 49.7 Å². The molecule has 0 fully saturated rings. The molecule has 6 aromatic heterocycles. The monoisotopic (exact) mass is 912 g/mol. The molecule has 61 heavy (non-hydrogen) atoms. The first-order valence-electron chi connectivity index (χ1n) is 18.0. The van der Waals surface area contributed by atoms with E-state index >= 15 is 0 Å². The zero-order chi connectivity index (χ0) is 43.1. The Hall–Kier alpha value is -6.57. The number of fused-ring (bicyclic) bond motifs is 4. The van der Waals surface area contributed by atoms with Crippen LogP contribution in [0.2, 0.25) is 15.7 Å². The molecule has 0 spiro atoms. The van der Waals surface area contributed by atoms with Gasteiger partial charge in [-0.1, -0.05) is 59.1 Å². The molecule has 0 amide bonds. The van der Waals surface area contributed by atoms with E-state index in [1.54, 1.807) is 73.1 Å². The summed E-state index contributed by atoms with van der Waals surface area (Å²) < 4.78 is 53.8. The minimum Gasteiger partial charge on any atom is -0.398 e. The summed E-state index contributed by atoms with van der Waals surface area (Å²) in [6.45, 7) is 3.78. The number of aryl methyl sites for hydroxylation is 2. The van der Waals surface area contributed by atoms with Crippen molar-refractivity contribution < 1.29 is 16.8 Å². The highest BCUT2D eigenvalue weighted by molar-refractivity contribution is 7.90. The van der Waals surface area contributed by atoms with Crippen LogP contribution < -0.4 is 11.1 Å². The standard InChI is InChI=1S/C20H15ClN6O2S.C13H9Cl2N3O2S.C7H7N3/c1-12-5-7-13(8-6-12)30(28,29)27-10-9-14-18(24-20(21)25-19(14)27)23-16-3-2-4-17-15(16)11-22-26-17;1-8-2-4-9(5-3-8)21(19,20)18-7-6-10-11(14)16-13(15)17-12(10)18;8-6-2-1-3-7-5(6)4-9-10-7/h2-11H,1H3,(H,22,26)(H,23,24,25);2-7H,1H3;1-4H,8H2,(H,9,10). The molecule has 4 aromatic carbocycles. The number of halogens is 3. The summed E-state index contributed by atoms with van der Waals surface area (Å²) in [6.07, 6.45) is 6.26. The summed E-state index contributed by atoms with van der Waals surface area (Å²) in [5.74, 6) is 0.400. The highest BCUT2D eigenvalue weighted by atomic mass is 35.5. The molecule has 0 unspecified atom stereocenters. The average Bonchev–Trinajstić information content (AvgIpc) is 4.06. The highest BCUT2D eigenvalue weighted by Gasteiger charge is 2.23. The zero-order valence-corrected chi connectivity index (χ0v) is 35.7. The number of hydrogen-bond donors (Lipinski definition) is 4. The van der Waals surface area contributed by atoms with Gasteiger partial charge >= 0.3 is 0 Å². The maximum Gasteiger partial charge on any atom is 0.269 e.